The second-order valence-corrected chi connectivity index (χ2v) is 7.71. The van der Waals surface area contributed by atoms with Crippen molar-refractivity contribution in [2.45, 2.75) is 6.92 Å². The van der Waals surface area contributed by atoms with Gasteiger partial charge in [0.15, 0.2) is 11.5 Å². The van der Waals surface area contributed by atoms with E-state index in [9.17, 15) is 9.59 Å². The molecule has 31 heavy (non-hydrogen) atoms. The van der Waals surface area contributed by atoms with Crippen molar-refractivity contribution in [2.24, 2.45) is 0 Å². The van der Waals surface area contributed by atoms with Crippen LogP contribution in [-0.4, -0.2) is 25.2 Å². The second-order valence-electron chi connectivity index (χ2n) is 6.77. The van der Waals surface area contributed by atoms with Gasteiger partial charge in [-0.1, -0.05) is 18.2 Å². The maximum Gasteiger partial charge on any atom is 0.282 e. The number of hydrogen-bond acceptors (Lipinski definition) is 7. The number of thiophene rings is 1. The maximum atomic E-state index is 13.5. The quantitative estimate of drug-likeness (QED) is 0.584. The van der Waals surface area contributed by atoms with Crippen LogP contribution in [0.4, 0.5) is 11.4 Å². The molecule has 8 heteroatoms. The Bertz CT molecular complexity index is 1200. The number of para-hydroxylation sites is 2. The van der Waals surface area contributed by atoms with Gasteiger partial charge in [-0.25, -0.2) is 4.90 Å². The van der Waals surface area contributed by atoms with Crippen molar-refractivity contribution in [3.05, 3.63) is 70.6 Å². The molecule has 7 nitrogen and oxygen atoms in total. The molecule has 3 heterocycles. The smallest absolute Gasteiger partial charge is 0.282 e. The first-order valence-corrected chi connectivity index (χ1v) is 10.6. The summed E-state index contributed by atoms with van der Waals surface area (Å²) in [5.74, 6) is 0.848. The average molecular weight is 434 g/mol. The Hall–Kier alpha value is -3.78. The molecule has 0 aliphatic carbocycles. The molecule has 0 fully saturated rings. The van der Waals surface area contributed by atoms with Gasteiger partial charge in [0.25, 0.3) is 11.8 Å². The van der Waals surface area contributed by atoms with E-state index in [1.165, 1.54) is 11.3 Å². The van der Waals surface area contributed by atoms with Crippen molar-refractivity contribution in [2.75, 3.05) is 23.6 Å². The number of nitrogens with one attached hydrogen (secondary N) is 1. The summed E-state index contributed by atoms with van der Waals surface area (Å²) < 4.78 is 16.4. The molecule has 2 aliphatic rings. The average Bonchev–Trinajstić information content (AvgIpc) is 3.50. The molecular weight excluding hydrogens is 416 g/mol. The zero-order chi connectivity index (χ0) is 21.4. The third-order valence-electron chi connectivity index (χ3n) is 4.90. The van der Waals surface area contributed by atoms with Gasteiger partial charge < -0.3 is 19.5 Å². The van der Waals surface area contributed by atoms with Gasteiger partial charge in [-0.3, -0.25) is 9.59 Å². The number of hydrogen-bond donors (Lipinski definition) is 1. The molecule has 0 unspecified atom stereocenters. The monoisotopic (exact) mass is 434 g/mol. The molecule has 0 atom stereocenters. The molecule has 2 aromatic carbocycles. The van der Waals surface area contributed by atoms with Crippen LogP contribution in [0.1, 0.15) is 11.8 Å². The summed E-state index contributed by atoms with van der Waals surface area (Å²) in [6, 6.07) is 16.0. The Morgan fingerprint density at radius 3 is 2.68 bits per heavy atom. The van der Waals surface area contributed by atoms with E-state index < -0.39 is 11.8 Å². The van der Waals surface area contributed by atoms with E-state index in [1.807, 2.05) is 24.4 Å². The Morgan fingerprint density at radius 2 is 1.87 bits per heavy atom. The molecular formula is C23H18N2O5S. The van der Waals surface area contributed by atoms with Crippen molar-refractivity contribution in [1.82, 2.24) is 0 Å². The van der Waals surface area contributed by atoms with Gasteiger partial charge in [0, 0.05) is 16.6 Å². The first-order valence-electron chi connectivity index (χ1n) is 9.73. The minimum absolute atomic E-state index is 0.154. The van der Waals surface area contributed by atoms with Crippen LogP contribution < -0.4 is 24.4 Å². The summed E-state index contributed by atoms with van der Waals surface area (Å²) in [5, 5.41) is 5.01. The van der Waals surface area contributed by atoms with Gasteiger partial charge in [-0.2, -0.15) is 0 Å². The number of carbonyl (C=O) groups excluding carboxylic acids is 2. The Kier molecular flexibility index (Phi) is 4.83. The number of imide groups is 1. The van der Waals surface area contributed by atoms with E-state index in [2.05, 4.69) is 5.32 Å². The minimum Gasteiger partial charge on any atom is -0.492 e. The van der Waals surface area contributed by atoms with Crippen molar-refractivity contribution in [3.8, 4) is 17.2 Å². The lowest BCUT2D eigenvalue weighted by Gasteiger charge is -2.19. The highest BCUT2D eigenvalue weighted by Crippen LogP contribution is 2.40. The maximum absolute atomic E-state index is 13.5. The van der Waals surface area contributed by atoms with E-state index in [-0.39, 0.29) is 12.5 Å². The SMILES string of the molecule is CCOc1ccccc1N1C(=O)C(Nc2ccc3c(c2)OCO3)=C(c2cccs2)C1=O. The highest BCUT2D eigenvalue weighted by Gasteiger charge is 2.42. The molecule has 2 aliphatic heterocycles. The predicted octanol–water partition coefficient (Wildman–Crippen LogP) is 4.27. The third-order valence-corrected chi connectivity index (χ3v) is 5.79. The van der Waals surface area contributed by atoms with E-state index in [0.717, 1.165) is 4.90 Å². The lowest BCUT2D eigenvalue weighted by Crippen LogP contribution is -2.32. The van der Waals surface area contributed by atoms with Gasteiger partial charge in [0.05, 0.1) is 17.9 Å². The zero-order valence-electron chi connectivity index (χ0n) is 16.6. The van der Waals surface area contributed by atoms with Crippen LogP contribution >= 0.6 is 11.3 Å². The first-order chi connectivity index (χ1) is 15.2. The van der Waals surface area contributed by atoms with Gasteiger partial charge >= 0.3 is 0 Å². The summed E-state index contributed by atoms with van der Waals surface area (Å²) in [5.41, 5.74) is 1.56. The summed E-state index contributed by atoms with van der Waals surface area (Å²) in [6.07, 6.45) is 0. The van der Waals surface area contributed by atoms with Crippen molar-refractivity contribution in [3.63, 3.8) is 0 Å². The van der Waals surface area contributed by atoms with Gasteiger partial charge in [0.2, 0.25) is 6.79 Å². The van der Waals surface area contributed by atoms with E-state index in [1.54, 1.807) is 42.5 Å². The van der Waals surface area contributed by atoms with Crippen LogP contribution in [0.5, 0.6) is 17.2 Å². The minimum atomic E-state index is -0.446. The molecule has 0 radical (unpaired) electrons. The molecule has 5 rings (SSSR count). The molecule has 1 N–H and O–H groups in total. The van der Waals surface area contributed by atoms with Crippen molar-refractivity contribution >= 4 is 40.1 Å². The Labute approximate surface area is 182 Å². The van der Waals surface area contributed by atoms with Crippen LogP contribution in [0.3, 0.4) is 0 Å². The lowest BCUT2D eigenvalue weighted by molar-refractivity contribution is -0.120. The van der Waals surface area contributed by atoms with Crippen LogP contribution in [0.2, 0.25) is 0 Å². The normalized spacial score (nSPS) is 15.1. The summed E-state index contributed by atoms with van der Waals surface area (Å²) in [7, 11) is 0. The van der Waals surface area contributed by atoms with Crippen LogP contribution in [-0.2, 0) is 9.59 Å². The van der Waals surface area contributed by atoms with Gasteiger partial charge in [-0.05, 0) is 42.6 Å². The fraction of sp³-hybridized carbons (Fsp3) is 0.130. The van der Waals surface area contributed by atoms with Gasteiger partial charge in [-0.15, -0.1) is 11.3 Å². The van der Waals surface area contributed by atoms with Crippen LogP contribution in [0.25, 0.3) is 5.57 Å². The summed E-state index contributed by atoms with van der Waals surface area (Å²) >= 11 is 1.40. The molecule has 0 saturated heterocycles. The van der Waals surface area contributed by atoms with Crippen molar-refractivity contribution in [1.29, 1.82) is 0 Å². The standard InChI is InChI=1S/C23H18N2O5S/c1-2-28-16-7-4-3-6-15(16)25-22(26)20(19-8-5-11-31-19)21(23(25)27)24-14-9-10-17-18(12-14)30-13-29-17/h3-12,24H,2,13H2,1H3. The number of fused-ring (bicyclic) bond motifs is 1. The van der Waals surface area contributed by atoms with E-state index in [4.69, 9.17) is 14.2 Å². The molecule has 156 valence electrons. The number of carbonyl (C=O) groups is 2. The predicted molar refractivity (Wildman–Crippen MR) is 118 cm³/mol. The topological polar surface area (TPSA) is 77.1 Å². The van der Waals surface area contributed by atoms with Crippen LogP contribution in [0, 0.1) is 0 Å². The summed E-state index contributed by atoms with van der Waals surface area (Å²) in [4.78, 5) is 28.8. The highest BCUT2D eigenvalue weighted by atomic mass is 32.1. The van der Waals surface area contributed by atoms with Gasteiger partial charge in [0.1, 0.15) is 11.4 Å². The summed E-state index contributed by atoms with van der Waals surface area (Å²) in [6.45, 7) is 2.43. The molecule has 1 aromatic heterocycles. The number of ether oxygens (including phenoxy) is 3. The molecule has 2 amide bonds. The molecule has 3 aromatic rings. The number of benzene rings is 2. The Morgan fingerprint density at radius 1 is 1.03 bits per heavy atom. The third kappa shape index (κ3) is 3.30. The second kappa shape index (κ2) is 7.81. The number of rotatable bonds is 6. The number of amides is 2. The van der Waals surface area contributed by atoms with Crippen LogP contribution in [0.15, 0.2) is 65.7 Å². The Balaban J connectivity index is 1.57. The van der Waals surface area contributed by atoms with E-state index >= 15 is 0 Å². The lowest BCUT2D eigenvalue weighted by atomic mass is 10.1. The van der Waals surface area contributed by atoms with Crippen molar-refractivity contribution < 1.29 is 23.8 Å². The highest BCUT2D eigenvalue weighted by molar-refractivity contribution is 7.11. The fourth-order valence-corrected chi connectivity index (χ4v) is 4.32. The van der Waals surface area contributed by atoms with E-state index in [0.29, 0.717) is 45.7 Å². The molecule has 0 spiro atoms. The molecule has 0 saturated carbocycles. The number of anilines is 2. The largest absolute Gasteiger partial charge is 0.492 e. The number of nitrogens with zero attached hydrogens (tertiary/aromatic N) is 1. The molecule has 0 bridgehead atoms. The first kappa shape index (κ1) is 19.2. The fourth-order valence-electron chi connectivity index (χ4n) is 3.55. The zero-order valence-corrected chi connectivity index (χ0v) is 17.4.